The number of carbonyl (C=O) groups is 1. The van der Waals surface area contributed by atoms with Gasteiger partial charge in [-0.1, -0.05) is 52.4 Å². The second kappa shape index (κ2) is 12.9. The molecule has 0 heterocycles. The van der Waals surface area contributed by atoms with E-state index in [-0.39, 0.29) is 0 Å². The molecular formula is C9H20O3. The maximum Gasteiger partial charge on any atom is 0.503 e. The normalized spacial score (nSPS) is 8.50. The molecule has 74 valence electrons. The fourth-order valence-electron chi connectivity index (χ4n) is 0.854. The molecule has 2 N–H and O–H groups in total. The van der Waals surface area contributed by atoms with Crippen molar-refractivity contribution in [3.05, 3.63) is 0 Å². The first-order valence-corrected chi connectivity index (χ1v) is 4.57. The molecule has 3 heteroatoms. The molecule has 0 saturated carbocycles. The van der Waals surface area contributed by atoms with Crippen molar-refractivity contribution in [3.8, 4) is 0 Å². The van der Waals surface area contributed by atoms with Gasteiger partial charge in [-0.15, -0.1) is 0 Å². The Morgan fingerprint density at radius 3 is 1.33 bits per heavy atom. The fraction of sp³-hybridized carbons (Fsp3) is 0.889. The van der Waals surface area contributed by atoms with Gasteiger partial charge in [-0.05, 0) is 0 Å². The summed E-state index contributed by atoms with van der Waals surface area (Å²) in [5, 5.41) is 13.9. The summed E-state index contributed by atoms with van der Waals surface area (Å²) in [6.07, 6.45) is 6.65. The van der Waals surface area contributed by atoms with Crippen LogP contribution in [0.5, 0.6) is 0 Å². The van der Waals surface area contributed by atoms with Crippen LogP contribution in [0.25, 0.3) is 0 Å². The van der Waals surface area contributed by atoms with Crippen molar-refractivity contribution in [1.29, 1.82) is 0 Å². The molecule has 0 radical (unpaired) electrons. The van der Waals surface area contributed by atoms with Gasteiger partial charge in [0.1, 0.15) is 0 Å². The topological polar surface area (TPSA) is 57.5 Å². The van der Waals surface area contributed by atoms with Crippen molar-refractivity contribution in [3.63, 3.8) is 0 Å². The third kappa shape index (κ3) is 34.8. The Hall–Kier alpha value is -0.730. The van der Waals surface area contributed by atoms with E-state index in [2.05, 4.69) is 13.8 Å². The summed E-state index contributed by atoms with van der Waals surface area (Å²) in [6, 6.07) is 0. The van der Waals surface area contributed by atoms with Crippen LogP contribution in [0.3, 0.4) is 0 Å². The number of hydrogen-bond acceptors (Lipinski definition) is 1. The molecule has 0 aliphatic rings. The Morgan fingerprint density at radius 2 is 1.17 bits per heavy atom. The van der Waals surface area contributed by atoms with Crippen molar-refractivity contribution in [2.75, 3.05) is 0 Å². The highest BCUT2D eigenvalue weighted by Crippen LogP contribution is 2.03. The Labute approximate surface area is 74.4 Å². The summed E-state index contributed by atoms with van der Waals surface area (Å²) >= 11 is 0. The van der Waals surface area contributed by atoms with Gasteiger partial charge in [0.25, 0.3) is 0 Å². The second-order valence-electron chi connectivity index (χ2n) is 2.70. The Bertz CT molecular complexity index is 81.8. The number of rotatable bonds is 5. The maximum atomic E-state index is 8.56. The third-order valence-electron chi connectivity index (χ3n) is 1.46. The van der Waals surface area contributed by atoms with Crippen molar-refractivity contribution >= 4 is 6.16 Å². The first-order valence-electron chi connectivity index (χ1n) is 4.57. The summed E-state index contributed by atoms with van der Waals surface area (Å²) in [4.78, 5) is 8.56. The van der Waals surface area contributed by atoms with Crippen LogP contribution in [-0.2, 0) is 0 Å². The van der Waals surface area contributed by atoms with Gasteiger partial charge in [0.05, 0.1) is 0 Å². The summed E-state index contributed by atoms with van der Waals surface area (Å²) in [7, 11) is 0. The lowest BCUT2D eigenvalue weighted by Crippen LogP contribution is -1.81. The fourth-order valence-corrected chi connectivity index (χ4v) is 0.854. The Balaban J connectivity index is 0. The molecule has 0 aliphatic carbocycles. The average molecular weight is 176 g/mol. The molecule has 0 unspecified atom stereocenters. The standard InChI is InChI=1S/C8H18.CH2O3/c1-3-5-7-8-6-4-2;2-1(3)4/h3-8H2,1-2H3;(H2,2,3,4). The van der Waals surface area contributed by atoms with Gasteiger partial charge in [0.15, 0.2) is 0 Å². The number of hydrogen-bond donors (Lipinski definition) is 2. The van der Waals surface area contributed by atoms with E-state index in [4.69, 9.17) is 15.0 Å². The summed E-state index contributed by atoms with van der Waals surface area (Å²) in [6.45, 7) is 4.51. The molecule has 0 aromatic heterocycles. The largest absolute Gasteiger partial charge is 0.503 e. The number of carboxylic acid groups (broad SMARTS) is 2. The molecule has 0 rings (SSSR count). The average Bonchev–Trinajstić information content (AvgIpc) is 1.97. The minimum Gasteiger partial charge on any atom is -0.450 e. The third-order valence-corrected chi connectivity index (χ3v) is 1.46. The van der Waals surface area contributed by atoms with Gasteiger partial charge < -0.3 is 10.2 Å². The smallest absolute Gasteiger partial charge is 0.450 e. The quantitative estimate of drug-likeness (QED) is 0.629. The molecule has 0 spiro atoms. The maximum absolute atomic E-state index is 8.56. The molecular weight excluding hydrogens is 156 g/mol. The van der Waals surface area contributed by atoms with E-state index in [1.807, 2.05) is 0 Å². The molecule has 0 fully saturated rings. The van der Waals surface area contributed by atoms with Crippen LogP contribution in [0.4, 0.5) is 4.79 Å². The molecule has 0 saturated heterocycles. The zero-order valence-corrected chi connectivity index (χ0v) is 8.05. The highest BCUT2D eigenvalue weighted by atomic mass is 16.6. The summed E-state index contributed by atoms with van der Waals surface area (Å²) in [5.41, 5.74) is 0. The van der Waals surface area contributed by atoms with Gasteiger partial charge in [-0.3, -0.25) is 0 Å². The van der Waals surface area contributed by atoms with E-state index in [9.17, 15) is 0 Å². The van der Waals surface area contributed by atoms with Crippen molar-refractivity contribution in [1.82, 2.24) is 0 Å². The van der Waals surface area contributed by atoms with E-state index < -0.39 is 6.16 Å². The molecule has 0 amide bonds. The van der Waals surface area contributed by atoms with Gasteiger partial charge in [-0.2, -0.15) is 0 Å². The van der Waals surface area contributed by atoms with E-state index in [0.717, 1.165) is 0 Å². The van der Waals surface area contributed by atoms with Crippen LogP contribution in [0.2, 0.25) is 0 Å². The van der Waals surface area contributed by atoms with E-state index in [1.165, 1.54) is 38.5 Å². The van der Waals surface area contributed by atoms with Crippen LogP contribution >= 0.6 is 0 Å². The predicted molar refractivity (Wildman–Crippen MR) is 49.7 cm³/mol. The van der Waals surface area contributed by atoms with Gasteiger partial charge >= 0.3 is 6.16 Å². The van der Waals surface area contributed by atoms with E-state index in [0.29, 0.717) is 0 Å². The van der Waals surface area contributed by atoms with Gasteiger partial charge in [0.2, 0.25) is 0 Å². The molecule has 0 atom stereocenters. The molecule has 12 heavy (non-hydrogen) atoms. The molecule has 0 aliphatic heterocycles. The van der Waals surface area contributed by atoms with Gasteiger partial charge in [-0.25, -0.2) is 4.79 Å². The highest BCUT2D eigenvalue weighted by Gasteiger charge is 1.83. The highest BCUT2D eigenvalue weighted by molar-refractivity contribution is 5.53. The van der Waals surface area contributed by atoms with Crippen LogP contribution in [0, 0.1) is 0 Å². The van der Waals surface area contributed by atoms with Crippen molar-refractivity contribution in [2.24, 2.45) is 0 Å². The van der Waals surface area contributed by atoms with E-state index >= 15 is 0 Å². The van der Waals surface area contributed by atoms with Crippen LogP contribution in [-0.4, -0.2) is 16.4 Å². The number of unbranched alkanes of at least 4 members (excludes halogenated alkanes) is 5. The van der Waals surface area contributed by atoms with Crippen LogP contribution < -0.4 is 0 Å². The van der Waals surface area contributed by atoms with Crippen LogP contribution in [0.1, 0.15) is 52.4 Å². The van der Waals surface area contributed by atoms with Crippen molar-refractivity contribution < 1.29 is 15.0 Å². The summed E-state index contributed by atoms with van der Waals surface area (Å²) < 4.78 is 0. The minimum atomic E-state index is -1.83. The molecule has 0 aromatic carbocycles. The molecule has 0 bridgehead atoms. The lowest BCUT2D eigenvalue weighted by molar-refractivity contribution is 0.137. The lowest BCUT2D eigenvalue weighted by atomic mass is 10.1. The summed E-state index contributed by atoms with van der Waals surface area (Å²) in [5.74, 6) is 0. The zero-order chi connectivity index (χ0) is 9.82. The zero-order valence-electron chi connectivity index (χ0n) is 8.05. The van der Waals surface area contributed by atoms with Gasteiger partial charge in [0, 0.05) is 0 Å². The lowest BCUT2D eigenvalue weighted by Gasteiger charge is -1.93. The SMILES string of the molecule is CCCCCCCC.O=C(O)O. The predicted octanol–water partition coefficient (Wildman–Crippen LogP) is 3.59. The van der Waals surface area contributed by atoms with E-state index in [1.54, 1.807) is 0 Å². The van der Waals surface area contributed by atoms with Crippen molar-refractivity contribution in [2.45, 2.75) is 52.4 Å². The van der Waals surface area contributed by atoms with Crippen LogP contribution in [0.15, 0.2) is 0 Å². The first kappa shape index (κ1) is 13.8. The minimum absolute atomic E-state index is 1.36. The monoisotopic (exact) mass is 176 g/mol. The Kier molecular flexibility index (Phi) is 14.9. The molecule has 3 nitrogen and oxygen atoms in total. The second-order valence-corrected chi connectivity index (χ2v) is 2.70. The molecule has 0 aromatic rings. The Morgan fingerprint density at radius 1 is 0.917 bits per heavy atom. The first-order chi connectivity index (χ1) is 5.65.